The molecule has 0 spiro atoms. The number of nitrogens with one attached hydrogen (secondary N) is 1. The summed E-state index contributed by atoms with van der Waals surface area (Å²) in [7, 11) is 0. The Morgan fingerprint density at radius 1 is 0.722 bits per heavy atom. The zero-order valence-electron chi connectivity index (χ0n) is 8.98. The van der Waals surface area contributed by atoms with Gasteiger partial charge in [0.15, 0.2) is 11.6 Å². The van der Waals surface area contributed by atoms with Gasteiger partial charge in [-0.3, -0.25) is 0 Å². The van der Waals surface area contributed by atoms with Crippen molar-refractivity contribution in [1.82, 2.24) is 0 Å². The Morgan fingerprint density at radius 2 is 1.33 bits per heavy atom. The Balaban J connectivity index is 2.37. The Morgan fingerprint density at radius 3 is 2.00 bits per heavy atom. The number of hydrogen-bond acceptors (Lipinski definition) is 2. The topological polar surface area (TPSA) is 38.0 Å². The minimum atomic E-state index is -1.31. The van der Waals surface area contributed by atoms with Crippen LogP contribution in [0.3, 0.4) is 0 Å². The second-order valence-corrected chi connectivity index (χ2v) is 3.61. The molecule has 0 fully saturated rings. The van der Waals surface area contributed by atoms with Crippen LogP contribution in [0.5, 0.6) is 0 Å². The molecule has 0 bridgehead atoms. The van der Waals surface area contributed by atoms with Gasteiger partial charge in [-0.1, -0.05) is 0 Å². The van der Waals surface area contributed by atoms with Crippen LogP contribution in [-0.4, -0.2) is 0 Å². The van der Waals surface area contributed by atoms with E-state index in [1.807, 2.05) is 0 Å². The minimum absolute atomic E-state index is 0.0888. The summed E-state index contributed by atoms with van der Waals surface area (Å²) in [5.74, 6) is -4.28. The molecular weight excluding hydrogens is 248 g/mol. The summed E-state index contributed by atoms with van der Waals surface area (Å²) in [4.78, 5) is 0. The highest BCUT2D eigenvalue weighted by Gasteiger charge is 2.11. The Kier molecular flexibility index (Phi) is 3.10. The van der Waals surface area contributed by atoms with Crippen molar-refractivity contribution in [2.45, 2.75) is 0 Å². The van der Waals surface area contributed by atoms with Crippen LogP contribution in [0, 0.1) is 23.3 Å². The number of hydrogen-bond donors (Lipinski definition) is 2. The molecule has 2 aromatic rings. The van der Waals surface area contributed by atoms with E-state index in [4.69, 9.17) is 5.73 Å². The van der Waals surface area contributed by atoms with E-state index in [2.05, 4.69) is 5.32 Å². The highest BCUT2D eigenvalue weighted by atomic mass is 19.2. The molecule has 0 saturated carbocycles. The summed E-state index contributed by atoms with van der Waals surface area (Å²) in [6, 6.07) is 4.68. The van der Waals surface area contributed by atoms with E-state index in [1.165, 1.54) is 12.1 Å². The summed E-state index contributed by atoms with van der Waals surface area (Å²) in [5.41, 5.74) is 5.09. The molecule has 0 heterocycles. The fraction of sp³-hybridized carbons (Fsp3) is 0. The lowest BCUT2D eigenvalue weighted by Gasteiger charge is -2.09. The smallest absolute Gasteiger partial charge is 0.161 e. The first-order valence-electron chi connectivity index (χ1n) is 4.94. The van der Waals surface area contributed by atoms with Crippen molar-refractivity contribution in [3.05, 3.63) is 53.6 Å². The van der Waals surface area contributed by atoms with Gasteiger partial charge < -0.3 is 11.1 Å². The number of nitrogen functional groups attached to an aromatic ring is 1. The van der Waals surface area contributed by atoms with E-state index in [9.17, 15) is 17.6 Å². The highest BCUT2D eigenvalue weighted by molar-refractivity contribution is 5.63. The van der Waals surface area contributed by atoms with Crippen LogP contribution in [0.15, 0.2) is 30.3 Å². The van der Waals surface area contributed by atoms with Crippen molar-refractivity contribution in [3.63, 3.8) is 0 Å². The Hall–Kier alpha value is -2.24. The third kappa shape index (κ3) is 2.37. The van der Waals surface area contributed by atoms with Gasteiger partial charge in [-0.2, -0.15) is 0 Å². The van der Waals surface area contributed by atoms with E-state index in [0.717, 1.165) is 6.07 Å². The van der Waals surface area contributed by atoms with Gasteiger partial charge in [0.25, 0.3) is 0 Å². The SMILES string of the molecule is Nc1ccc(Nc2cc(F)c(F)cc2F)c(F)c1. The average molecular weight is 256 g/mol. The van der Waals surface area contributed by atoms with Crippen LogP contribution in [0.2, 0.25) is 0 Å². The summed E-state index contributed by atoms with van der Waals surface area (Å²) in [6.07, 6.45) is 0. The number of nitrogens with two attached hydrogens (primary N) is 1. The predicted octanol–water partition coefficient (Wildman–Crippen LogP) is 3.57. The van der Waals surface area contributed by atoms with Crippen molar-refractivity contribution in [2.24, 2.45) is 0 Å². The second kappa shape index (κ2) is 4.56. The van der Waals surface area contributed by atoms with Crippen molar-refractivity contribution >= 4 is 17.1 Å². The van der Waals surface area contributed by atoms with E-state index in [-0.39, 0.29) is 17.1 Å². The predicted molar refractivity (Wildman–Crippen MR) is 60.4 cm³/mol. The van der Waals surface area contributed by atoms with E-state index < -0.39 is 23.3 Å². The van der Waals surface area contributed by atoms with Crippen LogP contribution < -0.4 is 11.1 Å². The summed E-state index contributed by atoms with van der Waals surface area (Å²) in [6.45, 7) is 0. The maximum atomic E-state index is 13.4. The van der Waals surface area contributed by atoms with Crippen LogP contribution in [0.1, 0.15) is 0 Å². The molecule has 0 aromatic heterocycles. The number of anilines is 3. The quantitative estimate of drug-likeness (QED) is 0.489. The van der Waals surface area contributed by atoms with Gasteiger partial charge in [-0.25, -0.2) is 17.6 Å². The zero-order valence-corrected chi connectivity index (χ0v) is 8.98. The van der Waals surface area contributed by atoms with Crippen LogP contribution in [0.25, 0.3) is 0 Å². The van der Waals surface area contributed by atoms with Crippen LogP contribution in [0.4, 0.5) is 34.6 Å². The molecule has 0 unspecified atom stereocenters. The van der Waals surface area contributed by atoms with Crippen molar-refractivity contribution in [1.29, 1.82) is 0 Å². The molecule has 0 radical (unpaired) electrons. The largest absolute Gasteiger partial charge is 0.399 e. The molecule has 0 saturated heterocycles. The molecule has 2 rings (SSSR count). The zero-order chi connectivity index (χ0) is 13.3. The maximum absolute atomic E-state index is 13.4. The number of benzene rings is 2. The Bertz CT molecular complexity index is 599. The monoisotopic (exact) mass is 256 g/mol. The van der Waals surface area contributed by atoms with Gasteiger partial charge in [0.2, 0.25) is 0 Å². The molecular formula is C12H8F4N2. The van der Waals surface area contributed by atoms with Gasteiger partial charge in [0.05, 0.1) is 11.4 Å². The summed E-state index contributed by atoms with van der Waals surface area (Å²) < 4.78 is 52.4. The molecule has 0 aliphatic carbocycles. The first kappa shape index (κ1) is 12.2. The molecule has 2 aromatic carbocycles. The van der Waals surface area contributed by atoms with Crippen molar-refractivity contribution in [2.75, 3.05) is 11.1 Å². The first-order chi connectivity index (χ1) is 8.47. The van der Waals surface area contributed by atoms with E-state index in [1.54, 1.807) is 0 Å². The van der Waals surface area contributed by atoms with Crippen LogP contribution >= 0.6 is 0 Å². The molecule has 18 heavy (non-hydrogen) atoms. The third-order valence-electron chi connectivity index (χ3n) is 2.27. The van der Waals surface area contributed by atoms with Crippen molar-refractivity contribution in [3.8, 4) is 0 Å². The van der Waals surface area contributed by atoms with Gasteiger partial charge in [-0.15, -0.1) is 0 Å². The Labute approximate surface area is 100 Å². The number of rotatable bonds is 2. The van der Waals surface area contributed by atoms with Crippen LogP contribution in [-0.2, 0) is 0 Å². The molecule has 94 valence electrons. The fourth-order valence-electron chi connectivity index (χ4n) is 1.40. The van der Waals surface area contributed by atoms with Crippen molar-refractivity contribution < 1.29 is 17.6 Å². The molecule has 2 nitrogen and oxygen atoms in total. The number of halogens is 4. The van der Waals surface area contributed by atoms with Gasteiger partial charge in [0.1, 0.15) is 11.6 Å². The molecule has 0 amide bonds. The molecule has 0 aliphatic rings. The average Bonchev–Trinajstić information content (AvgIpc) is 2.29. The summed E-state index contributed by atoms with van der Waals surface area (Å²) >= 11 is 0. The maximum Gasteiger partial charge on any atom is 0.161 e. The lowest BCUT2D eigenvalue weighted by atomic mass is 10.2. The van der Waals surface area contributed by atoms with Gasteiger partial charge in [-0.05, 0) is 18.2 Å². The van der Waals surface area contributed by atoms with Gasteiger partial charge >= 0.3 is 0 Å². The van der Waals surface area contributed by atoms with E-state index >= 15 is 0 Å². The molecule has 0 atom stereocenters. The molecule has 3 N–H and O–H groups in total. The fourth-order valence-corrected chi connectivity index (χ4v) is 1.40. The standard InChI is InChI=1S/C12H8F4N2/c13-7-4-10(16)12(5-8(7)14)18-11-2-1-6(17)3-9(11)15/h1-5,18H,17H2. The third-order valence-corrected chi connectivity index (χ3v) is 2.27. The lowest BCUT2D eigenvalue weighted by Crippen LogP contribution is -1.99. The van der Waals surface area contributed by atoms with E-state index in [0.29, 0.717) is 12.1 Å². The highest BCUT2D eigenvalue weighted by Crippen LogP contribution is 2.25. The molecule has 6 heteroatoms. The first-order valence-corrected chi connectivity index (χ1v) is 4.94. The summed E-state index contributed by atoms with van der Waals surface area (Å²) in [5, 5.41) is 2.32. The lowest BCUT2D eigenvalue weighted by molar-refractivity contribution is 0.496. The normalized spacial score (nSPS) is 10.4. The van der Waals surface area contributed by atoms with Gasteiger partial charge in [0, 0.05) is 17.8 Å². The minimum Gasteiger partial charge on any atom is -0.399 e. The molecule has 0 aliphatic heterocycles. The second-order valence-electron chi connectivity index (χ2n) is 3.61.